The molecule has 0 aromatic carbocycles. The summed E-state index contributed by atoms with van der Waals surface area (Å²) in [4.78, 5) is 13.3. The fraction of sp³-hybridized carbons (Fsp3) is 0.885. The molecule has 0 aliphatic heterocycles. The lowest BCUT2D eigenvalue weighted by Crippen LogP contribution is -2.46. The highest BCUT2D eigenvalue weighted by Gasteiger charge is 2.55. The van der Waals surface area contributed by atoms with Crippen molar-refractivity contribution in [2.45, 2.75) is 110 Å². The Bertz CT molecular complexity index is 668. The average molecular weight is 385 g/mol. The summed E-state index contributed by atoms with van der Waals surface area (Å²) in [7, 11) is 0. The van der Waals surface area contributed by atoms with Gasteiger partial charge in [-0.05, 0) is 115 Å². The van der Waals surface area contributed by atoms with E-state index in [-0.39, 0.29) is 17.0 Å². The van der Waals surface area contributed by atoms with Crippen molar-refractivity contribution < 1.29 is 9.53 Å². The molecule has 0 spiro atoms. The van der Waals surface area contributed by atoms with Crippen molar-refractivity contribution in [2.75, 3.05) is 0 Å². The van der Waals surface area contributed by atoms with E-state index < -0.39 is 0 Å². The van der Waals surface area contributed by atoms with Crippen LogP contribution < -0.4 is 0 Å². The van der Waals surface area contributed by atoms with E-state index in [9.17, 15) is 4.79 Å². The largest absolute Gasteiger partial charge is 0.459 e. The summed E-state index contributed by atoms with van der Waals surface area (Å²) < 4.78 is 5.97. The minimum atomic E-state index is -0.377. The molecule has 4 saturated carbocycles. The number of hydrogen-bond donors (Lipinski definition) is 0. The fourth-order valence-corrected chi connectivity index (χ4v) is 8.36. The molecule has 28 heavy (non-hydrogen) atoms. The Morgan fingerprint density at radius 1 is 0.857 bits per heavy atom. The molecule has 0 aromatic rings. The highest BCUT2D eigenvalue weighted by atomic mass is 16.6. The van der Waals surface area contributed by atoms with E-state index >= 15 is 0 Å². The first-order valence-electron chi connectivity index (χ1n) is 12.3. The molecule has 0 bridgehead atoms. The van der Waals surface area contributed by atoms with Gasteiger partial charge in [-0.25, -0.2) is 0 Å². The Labute approximate surface area is 171 Å². The van der Waals surface area contributed by atoms with Crippen molar-refractivity contribution in [3.63, 3.8) is 0 Å². The summed E-state index contributed by atoms with van der Waals surface area (Å²) in [5.74, 6) is 4.87. The molecule has 4 fully saturated rings. The molecule has 156 valence electrons. The van der Waals surface area contributed by atoms with E-state index in [1.54, 1.807) is 11.1 Å². The lowest BCUT2D eigenvalue weighted by Gasteiger charge is -2.54. The van der Waals surface area contributed by atoms with Crippen LogP contribution in [-0.4, -0.2) is 11.6 Å². The van der Waals surface area contributed by atoms with Crippen LogP contribution in [-0.2, 0) is 9.53 Å². The second-order valence-electron chi connectivity index (χ2n) is 11.7. The number of carbonyl (C=O) groups is 1. The molecule has 0 radical (unpaired) electrons. The number of carbonyl (C=O) groups excluding carboxylic acids is 1. The van der Waals surface area contributed by atoms with Crippen LogP contribution in [0.25, 0.3) is 0 Å². The number of fused-ring (bicyclic) bond motifs is 6. The van der Waals surface area contributed by atoms with Crippen LogP contribution in [0.15, 0.2) is 11.1 Å². The quantitative estimate of drug-likeness (QED) is 0.366. The number of allylic oxidation sites excluding steroid dienone is 1. The Morgan fingerprint density at radius 3 is 2.50 bits per heavy atom. The maximum Gasteiger partial charge on any atom is 0.316 e. The van der Waals surface area contributed by atoms with Gasteiger partial charge in [-0.1, -0.05) is 30.4 Å². The predicted octanol–water partition coefficient (Wildman–Crippen LogP) is 6.83. The second kappa shape index (κ2) is 6.88. The summed E-state index contributed by atoms with van der Waals surface area (Å²) in [5.41, 5.74) is 2.67. The van der Waals surface area contributed by atoms with Gasteiger partial charge in [0.05, 0.1) is 5.41 Å². The third-order valence-electron chi connectivity index (χ3n) is 9.32. The zero-order valence-electron chi connectivity index (χ0n) is 18.4. The minimum absolute atomic E-state index is 0.0940. The van der Waals surface area contributed by atoms with Gasteiger partial charge in [0, 0.05) is 0 Å². The van der Waals surface area contributed by atoms with Gasteiger partial charge in [0.15, 0.2) is 0 Å². The third kappa shape index (κ3) is 3.00. The smallest absolute Gasteiger partial charge is 0.316 e. The molecule has 5 aliphatic carbocycles. The van der Waals surface area contributed by atoms with Gasteiger partial charge in [0.2, 0.25) is 0 Å². The first kappa shape index (κ1) is 19.2. The van der Waals surface area contributed by atoms with Crippen molar-refractivity contribution in [2.24, 2.45) is 35.0 Å². The number of hydrogen-bond acceptors (Lipinski definition) is 2. The zero-order chi connectivity index (χ0) is 19.5. The number of esters is 1. The Hall–Kier alpha value is -0.790. The molecular formula is C26H40O2. The van der Waals surface area contributed by atoms with Crippen molar-refractivity contribution in [1.29, 1.82) is 0 Å². The van der Waals surface area contributed by atoms with Gasteiger partial charge in [-0.3, -0.25) is 4.79 Å². The molecule has 2 heteroatoms. The highest BCUT2D eigenvalue weighted by molar-refractivity contribution is 5.82. The molecule has 6 unspecified atom stereocenters. The van der Waals surface area contributed by atoms with Crippen LogP contribution in [0.5, 0.6) is 0 Å². The highest BCUT2D eigenvalue weighted by Crippen LogP contribution is 2.62. The normalized spacial score (nSPS) is 42.9. The molecule has 5 rings (SSSR count). The molecule has 6 atom stereocenters. The first-order chi connectivity index (χ1) is 13.4. The van der Waals surface area contributed by atoms with E-state index in [4.69, 9.17) is 4.74 Å². The van der Waals surface area contributed by atoms with Crippen molar-refractivity contribution in [3.05, 3.63) is 11.1 Å². The van der Waals surface area contributed by atoms with Crippen molar-refractivity contribution >= 4 is 5.97 Å². The topological polar surface area (TPSA) is 26.3 Å². The van der Waals surface area contributed by atoms with Crippen molar-refractivity contribution in [1.82, 2.24) is 0 Å². The Balaban J connectivity index is 1.43. The number of ether oxygens (including phenoxy) is 1. The lowest BCUT2D eigenvalue weighted by molar-refractivity contribution is -0.166. The van der Waals surface area contributed by atoms with Crippen LogP contribution in [0.4, 0.5) is 0 Å². The van der Waals surface area contributed by atoms with E-state index in [2.05, 4.69) is 0 Å². The molecule has 0 saturated heterocycles. The molecule has 2 nitrogen and oxygen atoms in total. The standard InChI is InChI=1S/C26H40O2/c1-25(2,3)28-24(27)26-15-6-9-23(26)22-13-12-19-18-8-5-4-7-17(18)10-11-20(19)21(22)14-16-26/h17-21H,4-16H2,1-3H3. The van der Waals surface area contributed by atoms with E-state index in [1.807, 2.05) is 20.8 Å². The first-order valence-corrected chi connectivity index (χ1v) is 12.3. The summed E-state index contributed by atoms with van der Waals surface area (Å²) in [6, 6.07) is 0. The van der Waals surface area contributed by atoms with Gasteiger partial charge < -0.3 is 4.74 Å². The van der Waals surface area contributed by atoms with Crippen LogP contribution in [0.2, 0.25) is 0 Å². The SMILES string of the molecule is CC(C)(C)OC(=O)C12CCCC1=C1CCC3C4CCCCC4CCC3C1CC2. The predicted molar refractivity (Wildman–Crippen MR) is 113 cm³/mol. The van der Waals surface area contributed by atoms with Crippen LogP contribution in [0.1, 0.15) is 104 Å². The molecule has 0 N–H and O–H groups in total. The van der Waals surface area contributed by atoms with E-state index in [1.165, 1.54) is 64.2 Å². The average Bonchev–Trinajstić information content (AvgIpc) is 3.12. The van der Waals surface area contributed by atoms with E-state index in [0.29, 0.717) is 0 Å². The zero-order valence-corrected chi connectivity index (χ0v) is 18.4. The molecular weight excluding hydrogens is 344 g/mol. The second-order valence-corrected chi connectivity index (χ2v) is 11.7. The van der Waals surface area contributed by atoms with Gasteiger partial charge >= 0.3 is 5.97 Å². The third-order valence-corrected chi connectivity index (χ3v) is 9.32. The molecule has 0 aromatic heterocycles. The maximum atomic E-state index is 13.3. The summed E-state index contributed by atoms with van der Waals surface area (Å²) in [6.45, 7) is 6.05. The summed E-state index contributed by atoms with van der Waals surface area (Å²) in [6.07, 6.45) is 17.3. The Kier molecular flexibility index (Phi) is 4.71. The van der Waals surface area contributed by atoms with Gasteiger partial charge in [-0.2, -0.15) is 0 Å². The van der Waals surface area contributed by atoms with Gasteiger partial charge in [0.25, 0.3) is 0 Å². The number of rotatable bonds is 1. The minimum Gasteiger partial charge on any atom is -0.459 e. The maximum absolute atomic E-state index is 13.3. The van der Waals surface area contributed by atoms with Gasteiger partial charge in [-0.15, -0.1) is 0 Å². The van der Waals surface area contributed by atoms with Crippen molar-refractivity contribution in [3.8, 4) is 0 Å². The molecule has 0 heterocycles. The fourth-order valence-electron chi connectivity index (χ4n) is 8.36. The van der Waals surface area contributed by atoms with Crippen LogP contribution >= 0.6 is 0 Å². The molecule has 0 amide bonds. The monoisotopic (exact) mass is 384 g/mol. The van der Waals surface area contributed by atoms with Crippen LogP contribution in [0, 0.1) is 35.0 Å². The lowest BCUT2D eigenvalue weighted by atomic mass is 9.51. The van der Waals surface area contributed by atoms with Gasteiger partial charge in [0.1, 0.15) is 5.60 Å². The Morgan fingerprint density at radius 2 is 1.68 bits per heavy atom. The summed E-state index contributed by atoms with van der Waals surface area (Å²) >= 11 is 0. The van der Waals surface area contributed by atoms with E-state index in [0.717, 1.165) is 48.9 Å². The summed E-state index contributed by atoms with van der Waals surface area (Å²) in [5, 5.41) is 0. The molecule has 5 aliphatic rings. The van der Waals surface area contributed by atoms with Crippen LogP contribution in [0.3, 0.4) is 0 Å².